The van der Waals surface area contributed by atoms with E-state index in [-0.39, 0.29) is 5.97 Å². The minimum Gasteiger partial charge on any atom is -0.497 e. The Bertz CT molecular complexity index is 418. The van der Waals surface area contributed by atoms with Gasteiger partial charge in [-0.1, -0.05) is 39.0 Å². The topological polar surface area (TPSA) is 61.5 Å². The molecule has 0 bridgehead atoms. The van der Waals surface area contributed by atoms with E-state index in [0.29, 0.717) is 23.6 Å². The van der Waals surface area contributed by atoms with Crippen molar-refractivity contribution in [1.29, 1.82) is 0 Å². The zero-order chi connectivity index (χ0) is 14.8. The molecular weight excluding hydrogens is 254 g/mol. The predicted octanol–water partition coefficient (Wildman–Crippen LogP) is 3.79. The number of nitrogens with two attached hydrogens (primary N) is 1. The largest absolute Gasteiger partial charge is 0.497 e. The number of nitrogen functional groups attached to an aromatic ring is 1. The van der Waals surface area contributed by atoms with Gasteiger partial charge in [0.15, 0.2) is 0 Å². The highest BCUT2D eigenvalue weighted by Gasteiger charge is 2.11. The molecule has 0 saturated heterocycles. The number of rotatable bonds is 9. The Balaban J connectivity index is 2.29. The molecule has 0 aromatic heterocycles. The molecule has 1 rings (SSSR count). The van der Waals surface area contributed by atoms with Gasteiger partial charge in [0.1, 0.15) is 5.75 Å². The van der Waals surface area contributed by atoms with Crippen LogP contribution in [0.4, 0.5) is 5.69 Å². The summed E-state index contributed by atoms with van der Waals surface area (Å²) in [5.74, 6) is 0.272. The Morgan fingerprint density at radius 2 is 1.85 bits per heavy atom. The summed E-state index contributed by atoms with van der Waals surface area (Å²) in [6.45, 7) is 2.65. The molecule has 0 saturated carbocycles. The molecule has 20 heavy (non-hydrogen) atoms. The van der Waals surface area contributed by atoms with Crippen molar-refractivity contribution in [2.75, 3.05) is 19.5 Å². The number of carbonyl (C=O) groups excluding carboxylic acids is 1. The zero-order valence-corrected chi connectivity index (χ0v) is 12.5. The maximum atomic E-state index is 11.9. The highest BCUT2D eigenvalue weighted by Crippen LogP contribution is 2.20. The number of hydrogen-bond donors (Lipinski definition) is 1. The van der Waals surface area contributed by atoms with Gasteiger partial charge in [-0.15, -0.1) is 0 Å². The molecule has 0 aliphatic heterocycles. The van der Waals surface area contributed by atoms with E-state index in [2.05, 4.69) is 6.92 Å². The monoisotopic (exact) mass is 279 g/mol. The van der Waals surface area contributed by atoms with Crippen molar-refractivity contribution in [2.45, 2.75) is 45.4 Å². The normalized spacial score (nSPS) is 10.3. The van der Waals surface area contributed by atoms with E-state index in [9.17, 15) is 4.79 Å². The van der Waals surface area contributed by atoms with Gasteiger partial charge in [0, 0.05) is 11.8 Å². The number of anilines is 1. The molecule has 0 atom stereocenters. The van der Waals surface area contributed by atoms with Gasteiger partial charge >= 0.3 is 5.97 Å². The van der Waals surface area contributed by atoms with Crippen molar-refractivity contribution in [3.05, 3.63) is 23.8 Å². The van der Waals surface area contributed by atoms with Crippen molar-refractivity contribution in [2.24, 2.45) is 0 Å². The Labute approximate surface area is 121 Å². The van der Waals surface area contributed by atoms with Crippen LogP contribution in [0.25, 0.3) is 0 Å². The first-order chi connectivity index (χ1) is 9.69. The average Bonchev–Trinajstić information content (AvgIpc) is 2.45. The lowest BCUT2D eigenvalue weighted by molar-refractivity contribution is 0.0499. The van der Waals surface area contributed by atoms with Crippen LogP contribution in [0.1, 0.15) is 55.8 Å². The summed E-state index contributed by atoms with van der Waals surface area (Å²) in [5, 5.41) is 0. The van der Waals surface area contributed by atoms with E-state index in [1.54, 1.807) is 25.3 Å². The van der Waals surface area contributed by atoms with Gasteiger partial charge < -0.3 is 15.2 Å². The van der Waals surface area contributed by atoms with E-state index in [4.69, 9.17) is 15.2 Å². The van der Waals surface area contributed by atoms with Gasteiger partial charge in [-0.25, -0.2) is 4.79 Å². The van der Waals surface area contributed by atoms with Gasteiger partial charge in [0.05, 0.1) is 19.3 Å². The van der Waals surface area contributed by atoms with Gasteiger partial charge in [0.2, 0.25) is 0 Å². The highest BCUT2D eigenvalue weighted by atomic mass is 16.5. The summed E-state index contributed by atoms with van der Waals surface area (Å²) in [5.41, 5.74) is 6.59. The molecule has 0 aliphatic carbocycles. The van der Waals surface area contributed by atoms with Crippen molar-refractivity contribution in [1.82, 2.24) is 0 Å². The molecule has 4 heteroatoms. The maximum Gasteiger partial charge on any atom is 0.340 e. The summed E-state index contributed by atoms with van der Waals surface area (Å²) in [6, 6.07) is 4.97. The molecule has 112 valence electrons. The SMILES string of the molecule is CCCCCCCCOC(=O)c1ccc(OC)cc1N. The number of benzene rings is 1. The lowest BCUT2D eigenvalue weighted by Gasteiger charge is -2.08. The molecule has 4 nitrogen and oxygen atoms in total. The molecule has 2 N–H and O–H groups in total. The molecular formula is C16H25NO3. The first-order valence-corrected chi connectivity index (χ1v) is 7.29. The first kappa shape index (κ1) is 16.3. The Kier molecular flexibility index (Phi) is 7.55. The molecule has 0 heterocycles. The summed E-state index contributed by atoms with van der Waals surface area (Å²) in [6.07, 6.45) is 7.00. The number of hydrogen-bond acceptors (Lipinski definition) is 4. The van der Waals surface area contributed by atoms with Crippen molar-refractivity contribution >= 4 is 11.7 Å². The molecule has 0 spiro atoms. The van der Waals surface area contributed by atoms with Crippen LogP contribution in [0.15, 0.2) is 18.2 Å². The van der Waals surface area contributed by atoms with Gasteiger partial charge in [0.25, 0.3) is 0 Å². The van der Waals surface area contributed by atoms with Gasteiger partial charge in [-0.2, -0.15) is 0 Å². The number of esters is 1. The van der Waals surface area contributed by atoms with E-state index in [1.807, 2.05) is 0 Å². The summed E-state index contributed by atoms with van der Waals surface area (Å²) >= 11 is 0. The second kappa shape index (κ2) is 9.23. The third kappa shape index (κ3) is 5.51. The van der Waals surface area contributed by atoms with Crippen LogP contribution < -0.4 is 10.5 Å². The molecule has 0 unspecified atom stereocenters. The van der Waals surface area contributed by atoms with Crippen LogP contribution in [0.3, 0.4) is 0 Å². The maximum absolute atomic E-state index is 11.9. The fraction of sp³-hybridized carbons (Fsp3) is 0.562. The quantitative estimate of drug-likeness (QED) is 0.424. The molecule has 0 amide bonds. The third-order valence-corrected chi connectivity index (χ3v) is 3.21. The summed E-state index contributed by atoms with van der Waals surface area (Å²) in [7, 11) is 1.56. The minimum absolute atomic E-state index is 0.362. The highest BCUT2D eigenvalue weighted by molar-refractivity contribution is 5.95. The van der Waals surface area contributed by atoms with Crippen LogP contribution in [0, 0.1) is 0 Å². The average molecular weight is 279 g/mol. The molecule has 0 aliphatic rings. The van der Waals surface area contributed by atoms with E-state index in [0.717, 1.165) is 12.8 Å². The lowest BCUT2D eigenvalue weighted by Crippen LogP contribution is -2.09. The van der Waals surface area contributed by atoms with Crippen LogP contribution in [0.5, 0.6) is 5.75 Å². The number of carbonyl (C=O) groups is 1. The summed E-state index contributed by atoms with van der Waals surface area (Å²) < 4.78 is 10.3. The zero-order valence-electron chi connectivity index (χ0n) is 12.5. The summed E-state index contributed by atoms with van der Waals surface area (Å²) in [4.78, 5) is 11.9. The molecule has 0 fully saturated rings. The van der Waals surface area contributed by atoms with Crippen LogP contribution >= 0.6 is 0 Å². The second-order valence-electron chi connectivity index (χ2n) is 4.86. The number of ether oxygens (including phenoxy) is 2. The standard InChI is InChI=1S/C16H25NO3/c1-3-4-5-6-7-8-11-20-16(18)14-10-9-13(19-2)12-15(14)17/h9-10,12H,3-8,11,17H2,1-2H3. The minimum atomic E-state index is -0.362. The fourth-order valence-corrected chi connectivity index (χ4v) is 1.98. The van der Waals surface area contributed by atoms with Gasteiger partial charge in [-0.3, -0.25) is 0 Å². The Morgan fingerprint density at radius 3 is 2.50 bits per heavy atom. The second-order valence-corrected chi connectivity index (χ2v) is 4.86. The molecule has 0 radical (unpaired) electrons. The van der Waals surface area contributed by atoms with Crippen LogP contribution in [-0.4, -0.2) is 19.7 Å². The third-order valence-electron chi connectivity index (χ3n) is 3.21. The van der Waals surface area contributed by atoms with Gasteiger partial charge in [-0.05, 0) is 18.6 Å². The lowest BCUT2D eigenvalue weighted by atomic mass is 10.1. The van der Waals surface area contributed by atoms with Crippen LogP contribution in [-0.2, 0) is 4.74 Å². The molecule has 1 aromatic rings. The fourth-order valence-electron chi connectivity index (χ4n) is 1.98. The number of unbranched alkanes of at least 4 members (excludes halogenated alkanes) is 5. The van der Waals surface area contributed by atoms with Crippen LogP contribution in [0.2, 0.25) is 0 Å². The van der Waals surface area contributed by atoms with Crippen molar-refractivity contribution in [3.63, 3.8) is 0 Å². The van der Waals surface area contributed by atoms with Crippen molar-refractivity contribution in [3.8, 4) is 5.75 Å². The van der Waals surface area contributed by atoms with E-state index < -0.39 is 0 Å². The molecule has 1 aromatic carbocycles. The van der Waals surface area contributed by atoms with E-state index in [1.165, 1.54) is 25.7 Å². The Hall–Kier alpha value is -1.71. The first-order valence-electron chi connectivity index (χ1n) is 7.29. The predicted molar refractivity (Wildman–Crippen MR) is 81.1 cm³/mol. The smallest absolute Gasteiger partial charge is 0.340 e. The Morgan fingerprint density at radius 1 is 1.15 bits per heavy atom. The van der Waals surface area contributed by atoms with Crippen molar-refractivity contribution < 1.29 is 14.3 Å². The number of methoxy groups -OCH3 is 1. The van der Waals surface area contributed by atoms with E-state index >= 15 is 0 Å².